The van der Waals surface area contributed by atoms with Crippen molar-refractivity contribution in [2.45, 2.75) is 32.7 Å². The van der Waals surface area contributed by atoms with E-state index < -0.39 is 0 Å². The number of nitrogens with one attached hydrogen (secondary N) is 1. The largest absolute Gasteiger partial charge is 0.381 e. The summed E-state index contributed by atoms with van der Waals surface area (Å²) in [7, 11) is 4.02. The molecule has 4 nitrogen and oxygen atoms in total. The van der Waals surface area contributed by atoms with Crippen LogP contribution in [0.15, 0.2) is 30.0 Å². The van der Waals surface area contributed by atoms with E-state index in [1.807, 2.05) is 25.2 Å². The molecule has 0 saturated carbocycles. The molecule has 1 aromatic heterocycles. The minimum absolute atomic E-state index is 0.569. The first-order chi connectivity index (χ1) is 10.0. The molecule has 0 radical (unpaired) electrons. The molecule has 0 bridgehead atoms. The molecule has 0 unspecified atom stereocenters. The zero-order valence-electron chi connectivity index (χ0n) is 13.8. The second-order valence-corrected chi connectivity index (χ2v) is 6.30. The number of nitrogens with zero attached hydrogens (tertiary/aromatic N) is 3. The molecule has 1 aliphatic rings. The Morgan fingerprint density at radius 1 is 1.33 bits per heavy atom. The van der Waals surface area contributed by atoms with E-state index in [-0.39, 0.29) is 0 Å². The highest BCUT2D eigenvalue weighted by Gasteiger charge is 2.18. The Kier molecular flexibility index (Phi) is 5.62. The molecule has 1 saturated heterocycles. The Labute approximate surface area is 128 Å². The van der Waals surface area contributed by atoms with Gasteiger partial charge in [0.2, 0.25) is 0 Å². The van der Waals surface area contributed by atoms with Crippen LogP contribution in [0, 0.1) is 0 Å². The SMILES string of the molecule is CC(C)=CCN1CCC(Nc2ccc(N(C)C)nc2)CC1. The molecule has 0 amide bonds. The normalized spacial score (nSPS) is 16.6. The highest BCUT2D eigenvalue weighted by atomic mass is 15.1. The van der Waals surface area contributed by atoms with Crippen LogP contribution in [0.5, 0.6) is 0 Å². The van der Waals surface area contributed by atoms with Gasteiger partial charge in [0.15, 0.2) is 0 Å². The van der Waals surface area contributed by atoms with Gasteiger partial charge in [-0.25, -0.2) is 4.98 Å². The lowest BCUT2D eigenvalue weighted by Crippen LogP contribution is -2.39. The Balaban J connectivity index is 1.79. The fraction of sp³-hybridized carbons (Fsp3) is 0.588. The molecule has 1 fully saturated rings. The molecule has 116 valence electrons. The summed E-state index contributed by atoms with van der Waals surface area (Å²) in [6.07, 6.45) is 6.65. The van der Waals surface area contributed by atoms with E-state index in [9.17, 15) is 0 Å². The number of allylic oxidation sites excluding steroid dienone is 1. The van der Waals surface area contributed by atoms with Crippen LogP contribution in [0.2, 0.25) is 0 Å². The topological polar surface area (TPSA) is 31.4 Å². The van der Waals surface area contributed by atoms with Gasteiger partial charge < -0.3 is 10.2 Å². The molecule has 21 heavy (non-hydrogen) atoms. The number of anilines is 2. The fourth-order valence-electron chi connectivity index (χ4n) is 2.54. The quantitative estimate of drug-likeness (QED) is 0.844. The molecule has 0 atom stereocenters. The molecule has 4 heteroatoms. The van der Waals surface area contributed by atoms with Gasteiger partial charge in [0.1, 0.15) is 5.82 Å². The van der Waals surface area contributed by atoms with Crippen LogP contribution < -0.4 is 10.2 Å². The summed E-state index contributed by atoms with van der Waals surface area (Å²) in [4.78, 5) is 9.00. The van der Waals surface area contributed by atoms with E-state index in [2.05, 4.69) is 47.3 Å². The monoisotopic (exact) mass is 288 g/mol. The summed E-state index contributed by atoms with van der Waals surface area (Å²) in [5.41, 5.74) is 2.53. The van der Waals surface area contributed by atoms with Crippen molar-refractivity contribution in [2.75, 3.05) is 43.9 Å². The summed E-state index contributed by atoms with van der Waals surface area (Å²) in [5.74, 6) is 0.997. The van der Waals surface area contributed by atoms with Crippen molar-refractivity contribution in [3.05, 3.63) is 30.0 Å². The van der Waals surface area contributed by atoms with E-state index >= 15 is 0 Å². The van der Waals surface area contributed by atoms with Gasteiger partial charge in [-0.3, -0.25) is 4.90 Å². The second kappa shape index (κ2) is 7.46. The van der Waals surface area contributed by atoms with Crippen molar-refractivity contribution >= 4 is 11.5 Å². The number of piperidine rings is 1. The van der Waals surface area contributed by atoms with Crippen LogP contribution in [0.4, 0.5) is 11.5 Å². The van der Waals surface area contributed by atoms with E-state index in [1.165, 1.54) is 31.5 Å². The summed E-state index contributed by atoms with van der Waals surface area (Å²) >= 11 is 0. The number of likely N-dealkylation sites (tertiary alicyclic amines) is 1. The minimum atomic E-state index is 0.569. The molecule has 2 heterocycles. The predicted molar refractivity (Wildman–Crippen MR) is 91.1 cm³/mol. The average molecular weight is 288 g/mol. The number of pyridine rings is 1. The van der Waals surface area contributed by atoms with Gasteiger partial charge in [0, 0.05) is 39.8 Å². The first-order valence-electron chi connectivity index (χ1n) is 7.80. The number of hydrogen-bond donors (Lipinski definition) is 1. The van der Waals surface area contributed by atoms with Crippen LogP contribution in [0.25, 0.3) is 0 Å². The zero-order chi connectivity index (χ0) is 15.2. The number of aromatic nitrogens is 1. The summed E-state index contributed by atoms with van der Waals surface area (Å²) in [5, 5.41) is 3.61. The molecular weight excluding hydrogens is 260 g/mol. The van der Waals surface area contributed by atoms with Gasteiger partial charge in [0.25, 0.3) is 0 Å². The lowest BCUT2D eigenvalue weighted by atomic mass is 10.0. The van der Waals surface area contributed by atoms with E-state index in [0.717, 1.165) is 18.1 Å². The third-order valence-electron chi connectivity index (χ3n) is 3.92. The number of hydrogen-bond acceptors (Lipinski definition) is 4. The third kappa shape index (κ3) is 5.05. The minimum Gasteiger partial charge on any atom is -0.381 e. The lowest BCUT2D eigenvalue weighted by Gasteiger charge is -2.32. The fourth-order valence-corrected chi connectivity index (χ4v) is 2.54. The van der Waals surface area contributed by atoms with Gasteiger partial charge in [-0.15, -0.1) is 0 Å². The Bertz CT molecular complexity index is 452. The average Bonchev–Trinajstić information content (AvgIpc) is 2.47. The molecule has 0 spiro atoms. The van der Waals surface area contributed by atoms with Gasteiger partial charge in [-0.05, 0) is 38.8 Å². The van der Waals surface area contributed by atoms with Crippen molar-refractivity contribution in [3.63, 3.8) is 0 Å². The van der Waals surface area contributed by atoms with E-state index in [4.69, 9.17) is 0 Å². The van der Waals surface area contributed by atoms with E-state index in [0.29, 0.717) is 6.04 Å². The van der Waals surface area contributed by atoms with Crippen molar-refractivity contribution in [3.8, 4) is 0 Å². The van der Waals surface area contributed by atoms with Crippen LogP contribution >= 0.6 is 0 Å². The molecule has 1 aliphatic heterocycles. The summed E-state index contributed by atoms with van der Waals surface area (Å²) in [6, 6.07) is 4.75. The highest BCUT2D eigenvalue weighted by Crippen LogP contribution is 2.18. The maximum Gasteiger partial charge on any atom is 0.128 e. The second-order valence-electron chi connectivity index (χ2n) is 6.30. The third-order valence-corrected chi connectivity index (χ3v) is 3.92. The smallest absolute Gasteiger partial charge is 0.128 e. The van der Waals surface area contributed by atoms with Crippen molar-refractivity contribution in [2.24, 2.45) is 0 Å². The first kappa shape index (κ1) is 15.8. The zero-order valence-corrected chi connectivity index (χ0v) is 13.8. The van der Waals surface area contributed by atoms with Crippen molar-refractivity contribution in [1.82, 2.24) is 9.88 Å². The maximum absolute atomic E-state index is 4.45. The molecule has 0 aliphatic carbocycles. The highest BCUT2D eigenvalue weighted by molar-refractivity contribution is 5.48. The van der Waals surface area contributed by atoms with Crippen LogP contribution in [-0.4, -0.2) is 49.7 Å². The van der Waals surface area contributed by atoms with Gasteiger partial charge >= 0.3 is 0 Å². The first-order valence-corrected chi connectivity index (χ1v) is 7.80. The molecular formula is C17H28N4. The lowest BCUT2D eigenvalue weighted by molar-refractivity contribution is 0.240. The summed E-state index contributed by atoms with van der Waals surface area (Å²) in [6.45, 7) is 7.76. The maximum atomic E-state index is 4.45. The Morgan fingerprint density at radius 3 is 2.57 bits per heavy atom. The van der Waals surface area contributed by atoms with Crippen LogP contribution in [0.1, 0.15) is 26.7 Å². The molecule has 1 N–H and O–H groups in total. The predicted octanol–water partition coefficient (Wildman–Crippen LogP) is 2.99. The van der Waals surface area contributed by atoms with E-state index in [1.54, 1.807) is 0 Å². The van der Waals surface area contributed by atoms with Gasteiger partial charge in [-0.2, -0.15) is 0 Å². The van der Waals surface area contributed by atoms with Crippen molar-refractivity contribution < 1.29 is 0 Å². The van der Waals surface area contributed by atoms with Crippen LogP contribution in [0.3, 0.4) is 0 Å². The Hall–Kier alpha value is -1.55. The molecule has 2 rings (SSSR count). The molecule has 0 aromatic carbocycles. The Morgan fingerprint density at radius 2 is 2.05 bits per heavy atom. The van der Waals surface area contributed by atoms with Crippen molar-refractivity contribution in [1.29, 1.82) is 0 Å². The summed E-state index contributed by atoms with van der Waals surface area (Å²) < 4.78 is 0. The number of rotatable bonds is 5. The van der Waals surface area contributed by atoms with Crippen LogP contribution in [-0.2, 0) is 0 Å². The molecule has 1 aromatic rings. The standard InChI is InChI=1S/C17H28N4/c1-14(2)7-10-21-11-8-15(9-12-21)19-16-5-6-17(18-13-16)20(3)4/h5-7,13,15,19H,8-12H2,1-4H3. The van der Waals surface area contributed by atoms with Gasteiger partial charge in [-0.1, -0.05) is 11.6 Å². The van der Waals surface area contributed by atoms with Gasteiger partial charge in [0.05, 0.1) is 11.9 Å².